The van der Waals surface area contributed by atoms with Crippen molar-refractivity contribution < 1.29 is 4.79 Å². The third-order valence-electron chi connectivity index (χ3n) is 2.79. The van der Waals surface area contributed by atoms with Crippen LogP contribution in [0.15, 0.2) is 36.5 Å². The summed E-state index contributed by atoms with van der Waals surface area (Å²) in [5, 5.41) is 6.59. The van der Waals surface area contributed by atoms with Gasteiger partial charge in [-0.05, 0) is 30.7 Å². The van der Waals surface area contributed by atoms with E-state index in [4.69, 9.17) is 23.2 Å². The zero-order valence-electron chi connectivity index (χ0n) is 11.5. The van der Waals surface area contributed by atoms with E-state index in [1.807, 2.05) is 6.92 Å². The highest BCUT2D eigenvalue weighted by atomic mass is 35.5. The predicted octanol–water partition coefficient (Wildman–Crippen LogP) is 4.46. The third-order valence-corrected chi connectivity index (χ3v) is 3.61. The fraction of sp³-hybridized carbons (Fsp3) is 0.200. The van der Waals surface area contributed by atoms with Crippen molar-refractivity contribution in [2.45, 2.75) is 13.3 Å². The minimum Gasteiger partial charge on any atom is -0.369 e. The Bertz CT molecular complexity index is 647. The number of hydrogen-bond donors (Lipinski definition) is 2. The number of hydrogen-bond acceptors (Lipinski definition) is 3. The van der Waals surface area contributed by atoms with E-state index < -0.39 is 0 Å². The summed E-state index contributed by atoms with van der Waals surface area (Å²) in [6, 6.07) is 8.51. The molecule has 0 saturated carbocycles. The molecule has 0 saturated heterocycles. The van der Waals surface area contributed by atoms with Crippen molar-refractivity contribution in [3.05, 3.63) is 52.1 Å². The Morgan fingerprint density at radius 3 is 2.81 bits per heavy atom. The van der Waals surface area contributed by atoms with Gasteiger partial charge in [-0.2, -0.15) is 0 Å². The summed E-state index contributed by atoms with van der Waals surface area (Å²) in [6.45, 7) is 2.79. The molecule has 6 heteroatoms. The fourth-order valence-corrected chi connectivity index (χ4v) is 2.11. The first kappa shape index (κ1) is 15.6. The van der Waals surface area contributed by atoms with E-state index in [0.717, 1.165) is 13.0 Å². The van der Waals surface area contributed by atoms with E-state index in [0.29, 0.717) is 27.1 Å². The molecule has 1 aromatic heterocycles. The van der Waals surface area contributed by atoms with Gasteiger partial charge in [0.15, 0.2) is 0 Å². The van der Waals surface area contributed by atoms with E-state index in [1.54, 1.807) is 36.5 Å². The van der Waals surface area contributed by atoms with Crippen LogP contribution in [0.2, 0.25) is 10.0 Å². The molecule has 0 aliphatic rings. The Morgan fingerprint density at radius 2 is 2.05 bits per heavy atom. The lowest BCUT2D eigenvalue weighted by molar-refractivity contribution is 0.102. The van der Waals surface area contributed by atoms with Crippen LogP contribution in [-0.2, 0) is 0 Å². The number of carbonyl (C=O) groups is 1. The molecule has 1 heterocycles. The van der Waals surface area contributed by atoms with Gasteiger partial charge in [0.2, 0.25) is 0 Å². The standard InChI is InChI=1S/C15H15Cl2N3O/c1-2-8-18-14-10(5-4-9-19-14)15(21)20-12-7-3-6-11(16)13(12)17/h3-7,9H,2,8H2,1H3,(H,18,19)(H,20,21). The van der Waals surface area contributed by atoms with Gasteiger partial charge >= 0.3 is 0 Å². The van der Waals surface area contributed by atoms with Gasteiger partial charge in [-0.1, -0.05) is 36.2 Å². The molecule has 2 N–H and O–H groups in total. The van der Waals surface area contributed by atoms with Crippen molar-refractivity contribution in [2.24, 2.45) is 0 Å². The van der Waals surface area contributed by atoms with Gasteiger partial charge in [-0.3, -0.25) is 4.79 Å². The Labute approximate surface area is 133 Å². The molecule has 0 bridgehead atoms. The van der Waals surface area contributed by atoms with Gasteiger partial charge in [0.25, 0.3) is 5.91 Å². The van der Waals surface area contributed by atoms with Crippen LogP contribution >= 0.6 is 23.2 Å². The Morgan fingerprint density at radius 1 is 1.24 bits per heavy atom. The molecule has 2 rings (SSSR count). The maximum absolute atomic E-state index is 12.4. The summed E-state index contributed by atoms with van der Waals surface area (Å²) >= 11 is 12.0. The first-order chi connectivity index (χ1) is 10.1. The molecule has 0 spiro atoms. The van der Waals surface area contributed by atoms with Gasteiger partial charge in [0, 0.05) is 12.7 Å². The molecule has 1 aromatic carbocycles. The lowest BCUT2D eigenvalue weighted by atomic mass is 10.2. The highest BCUT2D eigenvalue weighted by molar-refractivity contribution is 6.44. The zero-order valence-corrected chi connectivity index (χ0v) is 13.0. The molecule has 0 unspecified atom stereocenters. The number of amides is 1. The molecule has 0 atom stereocenters. The number of halogens is 2. The topological polar surface area (TPSA) is 54.0 Å². The number of rotatable bonds is 5. The number of pyridine rings is 1. The highest BCUT2D eigenvalue weighted by Crippen LogP contribution is 2.30. The van der Waals surface area contributed by atoms with Crippen LogP contribution in [0.1, 0.15) is 23.7 Å². The van der Waals surface area contributed by atoms with Crippen LogP contribution in [0, 0.1) is 0 Å². The van der Waals surface area contributed by atoms with E-state index in [2.05, 4.69) is 15.6 Å². The summed E-state index contributed by atoms with van der Waals surface area (Å²) in [7, 11) is 0. The Balaban J connectivity index is 2.22. The van der Waals surface area contributed by atoms with E-state index >= 15 is 0 Å². The molecule has 21 heavy (non-hydrogen) atoms. The summed E-state index contributed by atoms with van der Waals surface area (Å²) in [5.41, 5.74) is 0.932. The molecule has 0 aliphatic heterocycles. The third kappa shape index (κ3) is 3.86. The van der Waals surface area contributed by atoms with Gasteiger partial charge < -0.3 is 10.6 Å². The zero-order chi connectivity index (χ0) is 15.2. The van der Waals surface area contributed by atoms with Gasteiger partial charge in [-0.15, -0.1) is 0 Å². The highest BCUT2D eigenvalue weighted by Gasteiger charge is 2.14. The van der Waals surface area contributed by atoms with E-state index in [1.165, 1.54) is 0 Å². The Kier molecular flexibility index (Phi) is 5.42. The van der Waals surface area contributed by atoms with Gasteiger partial charge in [0.1, 0.15) is 5.82 Å². The van der Waals surface area contributed by atoms with Crippen molar-refractivity contribution in [1.29, 1.82) is 0 Å². The molecule has 110 valence electrons. The Hall–Kier alpha value is -1.78. The van der Waals surface area contributed by atoms with Crippen LogP contribution in [0.3, 0.4) is 0 Å². The van der Waals surface area contributed by atoms with Crippen LogP contribution < -0.4 is 10.6 Å². The number of nitrogens with zero attached hydrogens (tertiary/aromatic N) is 1. The normalized spacial score (nSPS) is 10.2. The number of carbonyl (C=O) groups excluding carboxylic acids is 1. The van der Waals surface area contributed by atoms with Crippen LogP contribution in [0.25, 0.3) is 0 Å². The first-order valence-corrected chi connectivity index (χ1v) is 7.33. The van der Waals surface area contributed by atoms with Crippen LogP contribution in [0.4, 0.5) is 11.5 Å². The smallest absolute Gasteiger partial charge is 0.259 e. The monoisotopic (exact) mass is 323 g/mol. The second kappa shape index (κ2) is 7.29. The van der Waals surface area contributed by atoms with Crippen molar-refractivity contribution in [1.82, 2.24) is 4.98 Å². The minimum absolute atomic E-state index is 0.286. The average Bonchev–Trinajstić information content (AvgIpc) is 2.50. The molecule has 2 aromatic rings. The number of aromatic nitrogens is 1. The molecule has 0 fully saturated rings. The predicted molar refractivity (Wildman–Crippen MR) is 87.4 cm³/mol. The quantitative estimate of drug-likeness (QED) is 0.853. The molecular weight excluding hydrogens is 309 g/mol. The largest absolute Gasteiger partial charge is 0.369 e. The summed E-state index contributed by atoms with van der Waals surface area (Å²) < 4.78 is 0. The van der Waals surface area contributed by atoms with Crippen molar-refractivity contribution in [3.8, 4) is 0 Å². The maximum atomic E-state index is 12.4. The van der Waals surface area contributed by atoms with Crippen molar-refractivity contribution >= 4 is 40.6 Å². The fourth-order valence-electron chi connectivity index (χ4n) is 1.76. The first-order valence-electron chi connectivity index (χ1n) is 6.57. The molecule has 0 aliphatic carbocycles. The summed E-state index contributed by atoms with van der Waals surface area (Å²) in [5.74, 6) is 0.265. The molecule has 1 amide bonds. The average molecular weight is 324 g/mol. The minimum atomic E-state index is -0.286. The maximum Gasteiger partial charge on any atom is 0.259 e. The summed E-state index contributed by atoms with van der Waals surface area (Å²) in [6.07, 6.45) is 2.58. The molecular formula is C15H15Cl2N3O. The van der Waals surface area contributed by atoms with Crippen molar-refractivity contribution in [2.75, 3.05) is 17.2 Å². The second-order valence-electron chi connectivity index (χ2n) is 4.38. The number of nitrogens with one attached hydrogen (secondary N) is 2. The summed E-state index contributed by atoms with van der Waals surface area (Å²) in [4.78, 5) is 16.6. The van der Waals surface area contributed by atoms with Crippen LogP contribution in [-0.4, -0.2) is 17.4 Å². The lowest BCUT2D eigenvalue weighted by Gasteiger charge is -2.11. The second-order valence-corrected chi connectivity index (χ2v) is 5.17. The molecule has 0 radical (unpaired) electrons. The number of anilines is 2. The van der Waals surface area contributed by atoms with E-state index in [9.17, 15) is 4.79 Å². The van der Waals surface area contributed by atoms with Crippen LogP contribution in [0.5, 0.6) is 0 Å². The van der Waals surface area contributed by atoms with Gasteiger partial charge in [0.05, 0.1) is 21.3 Å². The molecule has 4 nitrogen and oxygen atoms in total. The SMILES string of the molecule is CCCNc1ncccc1C(=O)Nc1cccc(Cl)c1Cl. The van der Waals surface area contributed by atoms with Gasteiger partial charge in [-0.25, -0.2) is 4.98 Å². The van der Waals surface area contributed by atoms with E-state index in [-0.39, 0.29) is 5.91 Å². The number of benzene rings is 1. The lowest BCUT2D eigenvalue weighted by Crippen LogP contribution is -2.16. The van der Waals surface area contributed by atoms with Crippen molar-refractivity contribution in [3.63, 3.8) is 0 Å².